The van der Waals surface area contributed by atoms with Crippen LogP contribution in [-0.4, -0.2) is 69.8 Å². The first kappa shape index (κ1) is 29.7. The van der Waals surface area contributed by atoms with Crippen molar-refractivity contribution >= 4 is 42.3 Å². The second-order valence-corrected chi connectivity index (χ2v) is 8.23. The molecular formula is C20H36N4O7S. The summed E-state index contributed by atoms with van der Waals surface area (Å²) in [4.78, 5) is 60.2. The smallest absolute Gasteiger partial charge is 0.326 e. The van der Waals surface area contributed by atoms with Crippen LogP contribution in [0.3, 0.4) is 0 Å². The molecule has 0 fully saturated rings. The number of rotatable bonds is 15. The molecular weight excluding hydrogens is 440 g/mol. The maximum Gasteiger partial charge on any atom is 0.326 e. The van der Waals surface area contributed by atoms with Gasteiger partial charge in [-0.2, -0.15) is 12.6 Å². The van der Waals surface area contributed by atoms with Crippen molar-refractivity contribution in [3.63, 3.8) is 0 Å². The summed E-state index contributed by atoms with van der Waals surface area (Å²) in [7, 11) is 0. The summed E-state index contributed by atoms with van der Waals surface area (Å²) in [6.07, 6.45) is 0.316. The van der Waals surface area contributed by atoms with Gasteiger partial charge in [-0.15, -0.1) is 0 Å². The Morgan fingerprint density at radius 3 is 1.66 bits per heavy atom. The Hall–Kier alpha value is -2.34. The van der Waals surface area contributed by atoms with E-state index in [0.717, 1.165) is 0 Å². The van der Waals surface area contributed by atoms with E-state index < -0.39 is 60.2 Å². The monoisotopic (exact) mass is 476 g/mol. The second-order valence-electron chi connectivity index (χ2n) is 7.86. The molecule has 0 radical (unpaired) electrons. The summed E-state index contributed by atoms with van der Waals surface area (Å²) in [5.41, 5.74) is 5.68. The van der Waals surface area contributed by atoms with Gasteiger partial charge in [-0.25, -0.2) is 4.79 Å². The largest absolute Gasteiger partial charge is 0.481 e. The Bertz CT molecular complexity index is 676. The molecule has 0 saturated carbocycles. The minimum absolute atomic E-state index is 0.0888. The molecule has 0 bridgehead atoms. The average Bonchev–Trinajstić information content (AvgIpc) is 2.75. The number of amides is 3. The molecule has 6 atom stereocenters. The Morgan fingerprint density at radius 2 is 1.28 bits per heavy atom. The van der Waals surface area contributed by atoms with Crippen LogP contribution in [0.25, 0.3) is 0 Å². The van der Waals surface area contributed by atoms with Crippen LogP contribution in [0.5, 0.6) is 0 Å². The summed E-state index contributed by atoms with van der Waals surface area (Å²) in [5, 5.41) is 25.6. The molecule has 0 rings (SSSR count). The number of aliphatic carboxylic acids is 2. The molecule has 0 aromatic rings. The normalized spacial score (nSPS) is 16.6. The third-order valence-electron chi connectivity index (χ3n) is 5.38. The third-order valence-corrected chi connectivity index (χ3v) is 5.77. The Balaban J connectivity index is 5.57. The molecule has 3 amide bonds. The number of hydrogen-bond donors (Lipinski definition) is 7. The van der Waals surface area contributed by atoms with Crippen LogP contribution < -0.4 is 21.7 Å². The fourth-order valence-electron chi connectivity index (χ4n) is 2.78. The molecule has 184 valence electrons. The minimum atomic E-state index is -1.42. The molecule has 11 nitrogen and oxygen atoms in total. The zero-order valence-corrected chi connectivity index (χ0v) is 19.9. The standard InChI is InChI=1S/C20H36N4O7S/c1-5-10(3)15(18(28)22-13(20(30)31)7-8-14(25)26)24-19(29)16(11(4)6-2)23-17(27)12(21)9-32/h10-13,15-16,32H,5-9,21H2,1-4H3,(H,22,28)(H,23,27)(H,24,29)(H,25,26)(H,30,31). The maximum atomic E-state index is 13.0. The fourth-order valence-corrected chi connectivity index (χ4v) is 2.94. The lowest BCUT2D eigenvalue weighted by Crippen LogP contribution is -2.60. The summed E-state index contributed by atoms with van der Waals surface area (Å²) in [5.74, 6) is -5.00. The molecule has 0 aliphatic rings. The summed E-state index contributed by atoms with van der Waals surface area (Å²) in [6.45, 7) is 7.12. The van der Waals surface area contributed by atoms with Crippen LogP contribution in [0, 0.1) is 11.8 Å². The lowest BCUT2D eigenvalue weighted by atomic mass is 9.94. The SMILES string of the molecule is CCC(C)C(NC(=O)C(N)CS)C(=O)NC(C(=O)NC(CCC(=O)O)C(=O)O)C(C)CC. The van der Waals surface area contributed by atoms with E-state index >= 15 is 0 Å². The van der Waals surface area contributed by atoms with Gasteiger partial charge in [-0.1, -0.05) is 40.5 Å². The molecule has 6 unspecified atom stereocenters. The fraction of sp³-hybridized carbons (Fsp3) is 0.750. The Morgan fingerprint density at radius 1 is 0.844 bits per heavy atom. The average molecular weight is 477 g/mol. The number of nitrogens with one attached hydrogen (secondary N) is 3. The quantitative estimate of drug-likeness (QED) is 0.157. The topological polar surface area (TPSA) is 188 Å². The molecule has 7 N–H and O–H groups in total. The minimum Gasteiger partial charge on any atom is -0.481 e. The van der Waals surface area contributed by atoms with Gasteiger partial charge in [0.25, 0.3) is 0 Å². The molecule has 0 heterocycles. The van der Waals surface area contributed by atoms with Gasteiger partial charge in [0.05, 0.1) is 6.04 Å². The lowest BCUT2D eigenvalue weighted by molar-refractivity contribution is -0.143. The molecule has 0 saturated heterocycles. The molecule has 0 aromatic carbocycles. The van der Waals surface area contributed by atoms with Crippen molar-refractivity contribution in [3.05, 3.63) is 0 Å². The predicted octanol–water partition coefficient (Wildman–Crippen LogP) is -0.260. The molecule has 0 spiro atoms. The molecule has 0 aliphatic carbocycles. The van der Waals surface area contributed by atoms with Gasteiger partial charge in [-0.05, 0) is 18.3 Å². The Labute approximate surface area is 193 Å². The first-order chi connectivity index (χ1) is 14.9. The van der Waals surface area contributed by atoms with Gasteiger partial charge in [-0.3, -0.25) is 19.2 Å². The summed E-state index contributed by atoms with van der Waals surface area (Å²) in [6, 6.07) is -4.36. The number of carbonyl (C=O) groups excluding carboxylic acids is 3. The van der Waals surface area contributed by atoms with E-state index in [0.29, 0.717) is 12.8 Å². The number of carbonyl (C=O) groups is 5. The van der Waals surface area contributed by atoms with E-state index in [1.807, 2.05) is 6.92 Å². The van der Waals surface area contributed by atoms with E-state index in [1.165, 1.54) is 0 Å². The van der Waals surface area contributed by atoms with Gasteiger partial charge in [0.15, 0.2) is 0 Å². The van der Waals surface area contributed by atoms with Crippen molar-refractivity contribution in [3.8, 4) is 0 Å². The van der Waals surface area contributed by atoms with E-state index in [1.54, 1.807) is 20.8 Å². The highest BCUT2D eigenvalue weighted by Crippen LogP contribution is 2.13. The van der Waals surface area contributed by atoms with Crippen LogP contribution in [-0.2, 0) is 24.0 Å². The summed E-state index contributed by atoms with van der Waals surface area (Å²) < 4.78 is 0. The molecule has 0 aromatic heterocycles. The highest BCUT2D eigenvalue weighted by Gasteiger charge is 2.34. The van der Waals surface area contributed by atoms with Gasteiger partial charge < -0.3 is 31.9 Å². The zero-order chi connectivity index (χ0) is 25.0. The summed E-state index contributed by atoms with van der Waals surface area (Å²) >= 11 is 3.98. The molecule has 0 aliphatic heterocycles. The first-order valence-corrected chi connectivity index (χ1v) is 11.2. The van der Waals surface area contributed by atoms with Crippen molar-refractivity contribution in [2.45, 2.75) is 77.5 Å². The third kappa shape index (κ3) is 9.86. The molecule has 32 heavy (non-hydrogen) atoms. The van der Waals surface area contributed by atoms with E-state index in [4.69, 9.17) is 10.8 Å². The van der Waals surface area contributed by atoms with Crippen LogP contribution in [0.1, 0.15) is 53.4 Å². The van der Waals surface area contributed by atoms with E-state index in [-0.39, 0.29) is 24.0 Å². The Kier molecular flexibility index (Phi) is 13.6. The maximum absolute atomic E-state index is 13.0. The van der Waals surface area contributed by atoms with Gasteiger partial charge in [0.2, 0.25) is 17.7 Å². The van der Waals surface area contributed by atoms with Crippen molar-refractivity contribution < 1.29 is 34.2 Å². The van der Waals surface area contributed by atoms with Crippen molar-refractivity contribution in [1.82, 2.24) is 16.0 Å². The van der Waals surface area contributed by atoms with Crippen LogP contribution in [0.2, 0.25) is 0 Å². The first-order valence-electron chi connectivity index (χ1n) is 10.6. The zero-order valence-electron chi connectivity index (χ0n) is 19.0. The van der Waals surface area contributed by atoms with E-state index in [9.17, 15) is 29.1 Å². The van der Waals surface area contributed by atoms with Crippen LogP contribution in [0.15, 0.2) is 0 Å². The van der Waals surface area contributed by atoms with Gasteiger partial charge in [0, 0.05) is 12.2 Å². The molecule has 12 heteroatoms. The lowest BCUT2D eigenvalue weighted by Gasteiger charge is -2.30. The van der Waals surface area contributed by atoms with E-state index in [2.05, 4.69) is 28.6 Å². The van der Waals surface area contributed by atoms with Crippen LogP contribution >= 0.6 is 12.6 Å². The predicted molar refractivity (Wildman–Crippen MR) is 121 cm³/mol. The highest BCUT2D eigenvalue weighted by atomic mass is 32.1. The second kappa shape index (κ2) is 14.7. The van der Waals surface area contributed by atoms with Crippen molar-refractivity contribution in [2.75, 3.05) is 5.75 Å². The number of nitrogens with two attached hydrogens (primary N) is 1. The van der Waals surface area contributed by atoms with Crippen molar-refractivity contribution in [1.29, 1.82) is 0 Å². The van der Waals surface area contributed by atoms with Crippen LogP contribution in [0.4, 0.5) is 0 Å². The van der Waals surface area contributed by atoms with Crippen molar-refractivity contribution in [2.24, 2.45) is 17.6 Å². The number of carboxylic acids is 2. The highest BCUT2D eigenvalue weighted by molar-refractivity contribution is 7.80. The number of hydrogen-bond acceptors (Lipinski definition) is 7. The van der Waals surface area contributed by atoms with Gasteiger partial charge in [0.1, 0.15) is 18.1 Å². The van der Waals surface area contributed by atoms with Gasteiger partial charge >= 0.3 is 11.9 Å². The number of thiol groups is 1. The number of carboxylic acid groups (broad SMARTS) is 2.